The van der Waals surface area contributed by atoms with Crippen LogP contribution in [0.5, 0.6) is 0 Å². The monoisotopic (exact) mass is 156 g/mol. The van der Waals surface area contributed by atoms with E-state index in [2.05, 4.69) is 0 Å². The van der Waals surface area contributed by atoms with Gasteiger partial charge in [0, 0.05) is 5.75 Å². The molecule has 1 aliphatic heterocycles. The van der Waals surface area contributed by atoms with E-state index in [1.54, 1.807) is 0 Å². The number of hydrogen-bond donors (Lipinski definition) is 0. The first-order valence-corrected chi connectivity index (χ1v) is 3.76. The molecule has 0 amide bonds. The predicted molar refractivity (Wildman–Crippen MR) is 31.8 cm³/mol. The number of thioether (sulfide) groups is 1. The van der Waals surface area contributed by atoms with E-state index in [-0.39, 0.29) is 11.5 Å². The second-order valence-electron chi connectivity index (χ2n) is 2.39. The molecule has 0 radical (unpaired) electrons. The van der Waals surface area contributed by atoms with E-state index in [1.807, 2.05) is 0 Å². The lowest BCUT2D eigenvalue weighted by molar-refractivity contribution is -0.0893. The van der Waals surface area contributed by atoms with E-state index in [1.165, 1.54) is 0 Å². The molecule has 1 atom stereocenters. The summed E-state index contributed by atoms with van der Waals surface area (Å²) in [6.07, 6.45) is 0. The Hall–Kier alpha value is 0.140. The van der Waals surface area contributed by atoms with Crippen LogP contribution in [0.1, 0.15) is 6.92 Å². The quantitative estimate of drug-likeness (QED) is 0.517. The van der Waals surface area contributed by atoms with E-state index in [0.29, 0.717) is 0 Å². The van der Waals surface area contributed by atoms with Crippen molar-refractivity contribution < 1.29 is 13.2 Å². The third-order valence-corrected chi connectivity index (χ3v) is 2.73. The molecule has 54 valence electrons. The fourth-order valence-corrected chi connectivity index (χ4v) is 1.88. The lowest BCUT2D eigenvalue weighted by Crippen LogP contribution is -2.39. The Kier molecular flexibility index (Phi) is 1.46. The largest absolute Gasteiger partial charge is 0.290 e. The first kappa shape index (κ1) is 7.25. The summed E-state index contributed by atoms with van der Waals surface area (Å²) < 4.78 is 37.3. The summed E-state index contributed by atoms with van der Waals surface area (Å²) in [5, 5.41) is 0. The van der Waals surface area contributed by atoms with Crippen molar-refractivity contribution in [2.24, 2.45) is 0 Å². The molecule has 0 aliphatic carbocycles. The summed E-state index contributed by atoms with van der Waals surface area (Å²) in [5.41, 5.74) is -2.28. The smallest absolute Gasteiger partial charge is 0.237 e. The minimum Gasteiger partial charge on any atom is -0.237 e. The number of rotatable bonds is 0. The zero-order valence-electron chi connectivity index (χ0n) is 4.96. The summed E-state index contributed by atoms with van der Waals surface area (Å²) in [6.45, 7) is 0.951. The molecule has 1 saturated heterocycles. The van der Waals surface area contributed by atoms with Gasteiger partial charge in [0.1, 0.15) is 0 Å². The van der Waals surface area contributed by atoms with E-state index < -0.39 is 11.6 Å². The average molecular weight is 156 g/mol. The highest BCUT2D eigenvalue weighted by Crippen LogP contribution is 2.43. The van der Waals surface area contributed by atoms with Crippen LogP contribution in [0.3, 0.4) is 0 Å². The summed E-state index contributed by atoms with van der Waals surface area (Å²) in [6, 6.07) is 0. The van der Waals surface area contributed by atoms with Gasteiger partial charge >= 0.3 is 0 Å². The normalized spacial score (nSPS) is 41.3. The molecule has 9 heavy (non-hydrogen) atoms. The minimum absolute atomic E-state index is 0.0833. The highest BCUT2D eigenvalue weighted by atomic mass is 32.2. The molecule has 0 spiro atoms. The van der Waals surface area contributed by atoms with Gasteiger partial charge in [0.15, 0.2) is 5.67 Å². The maximum absolute atomic E-state index is 12.6. The Morgan fingerprint density at radius 2 is 1.78 bits per heavy atom. The van der Waals surface area contributed by atoms with Crippen LogP contribution in [0.2, 0.25) is 0 Å². The molecule has 1 unspecified atom stereocenters. The van der Waals surface area contributed by atoms with Crippen LogP contribution in [0.4, 0.5) is 13.2 Å². The SMILES string of the molecule is CC1(F)CSCC1(F)F. The molecule has 0 nitrogen and oxygen atoms in total. The molecule has 0 saturated carbocycles. The van der Waals surface area contributed by atoms with E-state index in [9.17, 15) is 13.2 Å². The Bertz CT molecular complexity index is 107. The van der Waals surface area contributed by atoms with Gasteiger partial charge in [0.2, 0.25) is 0 Å². The standard InChI is InChI=1S/C5H7F3S/c1-4(6)2-9-3-5(4,7)8/h2-3H2,1H3. The summed E-state index contributed by atoms with van der Waals surface area (Å²) in [4.78, 5) is 0. The molecule has 0 aromatic rings. The Morgan fingerprint density at radius 3 is 1.89 bits per heavy atom. The van der Waals surface area contributed by atoms with E-state index in [4.69, 9.17) is 0 Å². The molecule has 1 rings (SSSR count). The fourth-order valence-electron chi connectivity index (χ4n) is 0.627. The molecule has 4 heteroatoms. The topological polar surface area (TPSA) is 0 Å². The summed E-state index contributed by atoms with van der Waals surface area (Å²) in [5.74, 6) is -3.57. The van der Waals surface area contributed by atoms with Crippen molar-refractivity contribution in [2.45, 2.75) is 18.5 Å². The van der Waals surface area contributed by atoms with Crippen LogP contribution >= 0.6 is 11.8 Å². The number of hydrogen-bond acceptors (Lipinski definition) is 1. The Morgan fingerprint density at radius 1 is 1.22 bits per heavy atom. The van der Waals surface area contributed by atoms with Gasteiger partial charge in [0.05, 0.1) is 5.75 Å². The van der Waals surface area contributed by atoms with Crippen molar-refractivity contribution in [3.05, 3.63) is 0 Å². The van der Waals surface area contributed by atoms with Gasteiger partial charge < -0.3 is 0 Å². The molecule has 0 aromatic carbocycles. The van der Waals surface area contributed by atoms with Crippen LogP contribution in [0.25, 0.3) is 0 Å². The van der Waals surface area contributed by atoms with Crippen LogP contribution in [-0.4, -0.2) is 23.1 Å². The molecular formula is C5H7F3S. The molecule has 0 bridgehead atoms. The zero-order chi connectivity index (χ0) is 7.12. The van der Waals surface area contributed by atoms with Gasteiger partial charge in [0.25, 0.3) is 5.92 Å². The maximum atomic E-state index is 12.6. The van der Waals surface area contributed by atoms with Crippen molar-refractivity contribution in [1.82, 2.24) is 0 Å². The minimum atomic E-state index is -3.11. The predicted octanol–water partition coefficient (Wildman–Crippen LogP) is 2.10. The number of alkyl halides is 3. The van der Waals surface area contributed by atoms with Crippen LogP contribution in [-0.2, 0) is 0 Å². The van der Waals surface area contributed by atoms with Crippen molar-refractivity contribution in [3.8, 4) is 0 Å². The summed E-state index contributed by atoms with van der Waals surface area (Å²) in [7, 11) is 0. The van der Waals surface area contributed by atoms with Gasteiger partial charge in [-0.1, -0.05) is 0 Å². The average Bonchev–Trinajstić information content (AvgIpc) is 1.81. The van der Waals surface area contributed by atoms with Crippen molar-refractivity contribution in [3.63, 3.8) is 0 Å². The molecule has 0 aromatic heterocycles. The second kappa shape index (κ2) is 1.81. The molecule has 1 fully saturated rings. The second-order valence-corrected chi connectivity index (χ2v) is 3.38. The van der Waals surface area contributed by atoms with Gasteiger partial charge in [-0.3, -0.25) is 0 Å². The lowest BCUT2D eigenvalue weighted by Gasteiger charge is -2.20. The molecule has 1 heterocycles. The molecular weight excluding hydrogens is 149 g/mol. The number of halogens is 3. The van der Waals surface area contributed by atoms with Crippen LogP contribution < -0.4 is 0 Å². The lowest BCUT2D eigenvalue weighted by atomic mass is 10.1. The van der Waals surface area contributed by atoms with E-state index in [0.717, 1.165) is 18.7 Å². The third kappa shape index (κ3) is 1.04. The van der Waals surface area contributed by atoms with E-state index >= 15 is 0 Å². The van der Waals surface area contributed by atoms with Gasteiger partial charge in [-0.2, -0.15) is 11.8 Å². The Labute approximate surface area is 55.8 Å². The van der Waals surface area contributed by atoms with Gasteiger partial charge in [-0.15, -0.1) is 0 Å². The highest BCUT2D eigenvalue weighted by molar-refractivity contribution is 7.99. The highest BCUT2D eigenvalue weighted by Gasteiger charge is 2.55. The van der Waals surface area contributed by atoms with Gasteiger partial charge in [-0.05, 0) is 6.92 Å². The van der Waals surface area contributed by atoms with Crippen molar-refractivity contribution >= 4 is 11.8 Å². The van der Waals surface area contributed by atoms with Crippen molar-refractivity contribution in [1.29, 1.82) is 0 Å². The fraction of sp³-hybridized carbons (Fsp3) is 1.00. The van der Waals surface area contributed by atoms with Gasteiger partial charge in [-0.25, -0.2) is 13.2 Å². The summed E-state index contributed by atoms with van der Waals surface area (Å²) >= 11 is 0.963. The first-order valence-electron chi connectivity index (χ1n) is 2.60. The molecule has 1 aliphatic rings. The zero-order valence-corrected chi connectivity index (χ0v) is 5.77. The first-order chi connectivity index (χ1) is 3.96. The molecule has 0 N–H and O–H groups in total. The maximum Gasteiger partial charge on any atom is 0.290 e. The van der Waals surface area contributed by atoms with Crippen LogP contribution in [0.15, 0.2) is 0 Å². The Balaban J connectivity index is 2.75. The third-order valence-electron chi connectivity index (χ3n) is 1.42. The van der Waals surface area contributed by atoms with Crippen LogP contribution in [0, 0.1) is 0 Å². The van der Waals surface area contributed by atoms with Crippen molar-refractivity contribution in [2.75, 3.05) is 11.5 Å².